The van der Waals surface area contributed by atoms with Gasteiger partial charge in [0.25, 0.3) is 0 Å². The summed E-state index contributed by atoms with van der Waals surface area (Å²) in [6, 6.07) is 0. The molecule has 0 saturated carbocycles. The first-order valence-corrected chi connectivity index (χ1v) is 24.7. The summed E-state index contributed by atoms with van der Waals surface area (Å²) in [5.74, 6) is 0. The van der Waals surface area contributed by atoms with E-state index in [-0.39, 0.29) is 0 Å². The third-order valence-electron chi connectivity index (χ3n) is 14.5. The normalized spacial score (nSPS) is 53.5. The molecular weight excluding hydrogens is 1080 g/mol. The van der Waals surface area contributed by atoms with Crippen molar-refractivity contribution in [1.29, 1.82) is 0 Å². The molecule has 0 aliphatic carbocycles. The number of hydrogen-bond acceptors (Lipinski definition) is 36. The first-order chi connectivity index (χ1) is 36.9. The van der Waals surface area contributed by atoms with Crippen LogP contribution in [0.2, 0.25) is 0 Å². The third-order valence-corrected chi connectivity index (χ3v) is 14.5. The van der Waals surface area contributed by atoms with Crippen LogP contribution in [-0.2, 0) is 61.6 Å². The molecule has 23 N–H and O–H groups in total. The quantitative estimate of drug-likeness (QED) is 0.0571. The zero-order valence-corrected chi connectivity index (χ0v) is 40.8. The number of aliphatic hydroxyl groups excluding tert-OH is 23. The van der Waals surface area contributed by atoms with Crippen molar-refractivity contribution in [3.63, 3.8) is 0 Å². The Labute approximate surface area is 439 Å². The molecule has 7 aliphatic heterocycles. The molecule has 7 rings (SSSR count). The van der Waals surface area contributed by atoms with Gasteiger partial charge < -0.3 is 179 Å². The minimum absolute atomic E-state index is 0.799. The summed E-state index contributed by atoms with van der Waals surface area (Å²) in [6.45, 7) is -6.55. The van der Waals surface area contributed by atoms with Crippen LogP contribution in [-0.4, -0.2) is 379 Å². The van der Waals surface area contributed by atoms with E-state index in [1.54, 1.807) is 0 Å². The Morgan fingerprint density at radius 2 is 0.462 bits per heavy atom. The van der Waals surface area contributed by atoms with Gasteiger partial charge in [-0.1, -0.05) is 0 Å². The molecule has 0 amide bonds. The summed E-state index contributed by atoms with van der Waals surface area (Å²) in [4.78, 5) is 0. The van der Waals surface area contributed by atoms with Crippen molar-refractivity contribution in [2.24, 2.45) is 0 Å². The van der Waals surface area contributed by atoms with Gasteiger partial charge in [-0.05, 0) is 0 Å². The molecule has 7 heterocycles. The summed E-state index contributed by atoms with van der Waals surface area (Å²) in [5.41, 5.74) is 0. The van der Waals surface area contributed by atoms with Gasteiger partial charge in [-0.3, -0.25) is 0 Å². The monoisotopic (exact) mass is 1150 g/mol. The lowest BCUT2D eigenvalue weighted by atomic mass is 9.95. The van der Waals surface area contributed by atoms with Crippen LogP contribution in [0.5, 0.6) is 0 Å². The van der Waals surface area contributed by atoms with Crippen LogP contribution >= 0.6 is 0 Å². The van der Waals surface area contributed by atoms with Crippen molar-refractivity contribution in [3.05, 3.63) is 0 Å². The second-order valence-electron chi connectivity index (χ2n) is 19.6. The highest BCUT2D eigenvalue weighted by atomic mass is 16.8. The highest BCUT2D eigenvalue weighted by molar-refractivity contribution is 5.00. The Hall–Kier alpha value is -1.44. The average Bonchev–Trinajstić information content (AvgIpc) is 3.56. The van der Waals surface area contributed by atoms with Gasteiger partial charge in [0.1, 0.15) is 171 Å². The second kappa shape index (κ2) is 27.5. The molecule has 7 saturated heterocycles. The van der Waals surface area contributed by atoms with E-state index in [1.807, 2.05) is 0 Å². The van der Waals surface area contributed by atoms with Crippen molar-refractivity contribution >= 4 is 0 Å². The molecule has 0 spiro atoms. The maximum absolute atomic E-state index is 11.7. The molecule has 1 unspecified atom stereocenters. The van der Waals surface area contributed by atoms with E-state index < -0.39 is 261 Å². The predicted octanol–water partition coefficient (Wildman–Crippen LogP) is -16.3. The van der Waals surface area contributed by atoms with Crippen molar-refractivity contribution in [2.45, 2.75) is 215 Å². The van der Waals surface area contributed by atoms with Crippen molar-refractivity contribution < 1.29 is 179 Å². The summed E-state index contributed by atoms with van der Waals surface area (Å²) < 4.78 is 72.4. The lowest BCUT2D eigenvalue weighted by Crippen LogP contribution is -2.68. The standard InChI is InChI=1S/C42H72O36/c43-1-8-15(48)18(51)26(59)37(69-8)66-6-13-17(50)20(53)28(61)39(73-13)76-33-11(4-46)72-41(30(63)23(33)56)78-35-14(7-67-38-27(60)19(52)16(49)9(2-44)70-38)74-42(31(64)24(35)57)77-34-12(5-47)71-40(29(62)22(34)55)75-32-10(3-45)68-36(65)25(58)21(32)54/h8-65H,1-7H2/t8-,9-,10-,11-,12-,13-,14-,15-,16-,17-,18+,19+,20+,21-,22-,23-,24-,25-,26-,27-,28-,29-,30-,31-,32-,33-,34-,35-,36?,37+,38+,39-,40-,41-,42-/m1/s1. The molecule has 0 radical (unpaired) electrons. The van der Waals surface area contributed by atoms with Crippen LogP contribution in [0, 0.1) is 0 Å². The largest absolute Gasteiger partial charge is 0.394 e. The van der Waals surface area contributed by atoms with E-state index in [4.69, 9.17) is 61.6 Å². The Bertz CT molecular complexity index is 1810. The Kier molecular flexibility index (Phi) is 22.6. The van der Waals surface area contributed by atoms with Gasteiger partial charge in [0.05, 0.1) is 46.2 Å². The lowest BCUT2D eigenvalue weighted by molar-refractivity contribution is -0.396. The minimum Gasteiger partial charge on any atom is -0.394 e. The summed E-state index contributed by atoms with van der Waals surface area (Å²) >= 11 is 0. The van der Waals surface area contributed by atoms with Crippen LogP contribution < -0.4 is 0 Å². The molecule has 0 aromatic heterocycles. The highest BCUT2D eigenvalue weighted by Crippen LogP contribution is 2.37. The molecule has 0 aromatic rings. The van der Waals surface area contributed by atoms with Gasteiger partial charge in [-0.25, -0.2) is 0 Å². The summed E-state index contributed by atoms with van der Waals surface area (Å²) in [7, 11) is 0. The Morgan fingerprint density at radius 3 is 0.821 bits per heavy atom. The number of rotatable bonds is 19. The molecule has 36 heteroatoms. The fourth-order valence-electron chi connectivity index (χ4n) is 9.80. The van der Waals surface area contributed by atoms with Gasteiger partial charge in [0.15, 0.2) is 44.0 Å². The molecule has 7 fully saturated rings. The predicted molar refractivity (Wildman–Crippen MR) is 232 cm³/mol. The zero-order valence-electron chi connectivity index (χ0n) is 40.8. The summed E-state index contributed by atoms with van der Waals surface area (Å²) in [6.07, 6.45) is -68.2. The molecule has 36 nitrogen and oxygen atoms in total. The van der Waals surface area contributed by atoms with Gasteiger partial charge in [-0.15, -0.1) is 0 Å². The molecule has 7 aliphatic rings. The van der Waals surface area contributed by atoms with Crippen molar-refractivity contribution in [3.8, 4) is 0 Å². The van der Waals surface area contributed by atoms with E-state index in [0.717, 1.165) is 0 Å². The first kappa shape index (κ1) is 64.1. The first-order valence-electron chi connectivity index (χ1n) is 24.7. The van der Waals surface area contributed by atoms with Crippen LogP contribution in [0.25, 0.3) is 0 Å². The molecule has 0 bridgehead atoms. The van der Waals surface area contributed by atoms with Crippen LogP contribution in [0.4, 0.5) is 0 Å². The zero-order chi connectivity index (χ0) is 57.3. The van der Waals surface area contributed by atoms with E-state index in [0.29, 0.717) is 0 Å². The number of aliphatic hydroxyl groups is 23. The molecule has 456 valence electrons. The topological polar surface area (TPSA) is 585 Å². The van der Waals surface area contributed by atoms with E-state index in [2.05, 4.69) is 0 Å². The smallest absolute Gasteiger partial charge is 0.187 e. The average molecular weight is 1150 g/mol. The van der Waals surface area contributed by atoms with Crippen LogP contribution in [0.1, 0.15) is 0 Å². The minimum atomic E-state index is -2.32. The van der Waals surface area contributed by atoms with Gasteiger partial charge >= 0.3 is 0 Å². The third kappa shape index (κ3) is 13.2. The second-order valence-corrected chi connectivity index (χ2v) is 19.6. The SMILES string of the molecule is OC[C@H]1O[C@H](OC[C@H]2O[C@H](O[C@H]3[C@H](O)[C@@H](O)[C@@H](O[C@H]4[C@H](O)[C@@H](O)[C@@H](O[C@H]5[C@H](O)[C@@H](O)[C@@H](O[C@H]6[C@H](O)[C@@H](O)C(O)O[C@@H]6CO)O[C@@H]5CO)O[C@@H]4CO[C@H]4O[C@H](CO)[C@@H](O)[C@H](O)[C@H]4O)O[C@@H]3CO)[C@H](O)[C@@H](O)[C@@H]2O)[C@H](O)[C@@H](O)[C@@H]1O. The van der Waals surface area contributed by atoms with Gasteiger partial charge in [-0.2, -0.15) is 0 Å². The maximum atomic E-state index is 11.7. The molecule has 35 atom stereocenters. The molecular formula is C42H72O36. The summed E-state index contributed by atoms with van der Waals surface area (Å²) in [5, 5.41) is 243. The van der Waals surface area contributed by atoms with Crippen molar-refractivity contribution in [1.82, 2.24) is 0 Å². The Morgan fingerprint density at radius 1 is 0.218 bits per heavy atom. The van der Waals surface area contributed by atoms with Gasteiger partial charge in [0.2, 0.25) is 0 Å². The van der Waals surface area contributed by atoms with E-state index >= 15 is 0 Å². The fraction of sp³-hybridized carbons (Fsp3) is 1.00. The maximum Gasteiger partial charge on any atom is 0.187 e. The number of hydrogen-bond donors (Lipinski definition) is 23. The van der Waals surface area contributed by atoms with E-state index in [1.165, 1.54) is 0 Å². The molecule has 0 aromatic carbocycles. The van der Waals surface area contributed by atoms with Crippen LogP contribution in [0.3, 0.4) is 0 Å². The van der Waals surface area contributed by atoms with Gasteiger partial charge in [0, 0.05) is 0 Å². The van der Waals surface area contributed by atoms with Crippen molar-refractivity contribution in [2.75, 3.05) is 46.2 Å². The lowest BCUT2D eigenvalue weighted by Gasteiger charge is -2.50. The van der Waals surface area contributed by atoms with Crippen LogP contribution in [0.15, 0.2) is 0 Å². The molecule has 78 heavy (non-hydrogen) atoms. The Balaban J connectivity index is 1.06. The van der Waals surface area contributed by atoms with E-state index in [9.17, 15) is 117 Å². The highest BCUT2D eigenvalue weighted by Gasteiger charge is 2.57. The number of ether oxygens (including phenoxy) is 13. The fourth-order valence-corrected chi connectivity index (χ4v) is 9.80.